The number of ether oxygens (including phenoxy) is 2. The molecule has 0 atom stereocenters. The van der Waals surface area contributed by atoms with Crippen molar-refractivity contribution in [3.8, 4) is 11.5 Å². The number of fused-ring (bicyclic) bond motifs is 1. The lowest BCUT2D eigenvalue weighted by Gasteiger charge is -2.31. The first kappa shape index (κ1) is 21.2. The number of amides is 2. The summed E-state index contributed by atoms with van der Waals surface area (Å²) < 4.78 is 10.7. The van der Waals surface area contributed by atoms with Crippen LogP contribution in [0.4, 0.5) is 11.4 Å². The molecule has 2 aliphatic rings. The maximum atomic E-state index is 12.9. The van der Waals surface area contributed by atoms with Gasteiger partial charge in [0.05, 0.1) is 17.8 Å². The van der Waals surface area contributed by atoms with E-state index in [0.29, 0.717) is 47.1 Å². The van der Waals surface area contributed by atoms with E-state index in [1.165, 1.54) is 12.8 Å². The van der Waals surface area contributed by atoms with Crippen molar-refractivity contribution in [3.05, 3.63) is 48.0 Å². The summed E-state index contributed by atoms with van der Waals surface area (Å²) in [5.74, 6) is 0.845. The molecule has 31 heavy (non-hydrogen) atoms. The number of hydrogen-bond acceptors (Lipinski definition) is 5. The molecular formula is C24H29N3O4. The molecule has 0 aromatic heterocycles. The number of para-hydroxylation sites is 1. The van der Waals surface area contributed by atoms with Gasteiger partial charge in [-0.05, 0) is 51.0 Å². The quantitative estimate of drug-likeness (QED) is 0.696. The van der Waals surface area contributed by atoms with Gasteiger partial charge in [0.15, 0.2) is 11.5 Å². The second-order valence-corrected chi connectivity index (χ2v) is 8.32. The first-order chi connectivity index (χ1) is 15.0. The van der Waals surface area contributed by atoms with Crippen LogP contribution in [0.1, 0.15) is 49.9 Å². The Kier molecular flexibility index (Phi) is 6.42. The number of carbonyl (C=O) groups excluding carboxylic acids is 2. The minimum Gasteiger partial charge on any atom is -0.454 e. The molecule has 2 amide bonds. The van der Waals surface area contributed by atoms with Gasteiger partial charge >= 0.3 is 0 Å². The molecule has 0 radical (unpaired) electrons. The van der Waals surface area contributed by atoms with Gasteiger partial charge in [-0.2, -0.15) is 0 Å². The number of anilines is 2. The van der Waals surface area contributed by atoms with Crippen LogP contribution in [0.2, 0.25) is 0 Å². The SMILES string of the molecule is CC(C)N(CC(=O)Nc1ccccc1C(=O)Nc1ccc2c(c1)OCO2)C1CCCC1. The Morgan fingerprint density at radius 3 is 2.55 bits per heavy atom. The highest BCUT2D eigenvalue weighted by atomic mass is 16.7. The van der Waals surface area contributed by atoms with Crippen LogP contribution in [0.25, 0.3) is 0 Å². The summed E-state index contributed by atoms with van der Waals surface area (Å²) >= 11 is 0. The van der Waals surface area contributed by atoms with Crippen molar-refractivity contribution in [3.63, 3.8) is 0 Å². The molecule has 0 unspecified atom stereocenters. The van der Waals surface area contributed by atoms with E-state index in [9.17, 15) is 9.59 Å². The molecular weight excluding hydrogens is 394 g/mol. The van der Waals surface area contributed by atoms with Crippen molar-refractivity contribution >= 4 is 23.2 Å². The molecule has 7 heteroatoms. The summed E-state index contributed by atoms with van der Waals surface area (Å²) in [6.07, 6.45) is 4.72. The minimum atomic E-state index is -0.300. The summed E-state index contributed by atoms with van der Waals surface area (Å²) in [6, 6.07) is 13.0. The zero-order valence-corrected chi connectivity index (χ0v) is 18.0. The van der Waals surface area contributed by atoms with Gasteiger partial charge < -0.3 is 20.1 Å². The molecule has 2 aromatic carbocycles. The van der Waals surface area contributed by atoms with Crippen LogP contribution in [0.3, 0.4) is 0 Å². The van der Waals surface area contributed by atoms with E-state index in [4.69, 9.17) is 9.47 Å². The largest absolute Gasteiger partial charge is 0.454 e. The van der Waals surface area contributed by atoms with Gasteiger partial charge in [0.2, 0.25) is 12.7 Å². The fraction of sp³-hybridized carbons (Fsp3) is 0.417. The predicted molar refractivity (Wildman–Crippen MR) is 120 cm³/mol. The maximum absolute atomic E-state index is 12.9. The Morgan fingerprint density at radius 2 is 1.77 bits per heavy atom. The van der Waals surface area contributed by atoms with Gasteiger partial charge in [-0.1, -0.05) is 25.0 Å². The first-order valence-electron chi connectivity index (χ1n) is 10.9. The minimum absolute atomic E-state index is 0.107. The van der Waals surface area contributed by atoms with E-state index in [1.54, 1.807) is 36.4 Å². The summed E-state index contributed by atoms with van der Waals surface area (Å²) in [6.45, 7) is 4.74. The van der Waals surface area contributed by atoms with Crippen LogP contribution in [0.5, 0.6) is 11.5 Å². The van der Waals surface area contributed by atoms with Gasteiger partial charge in [0, 0.05) is 23.8 Å². The lowest BCUT2D eigenvalue weighted by Crippen LogP contribution is -2.44. The summed E-state index contributed by atoms with van der Waals surface area (Å²) in [5.41, 5.74) is 1.51. The number of hydrogen-bond donors (Lipinski definition) is 2. The van der Waals surface area contributed by atoms with Crippen LogP contribution in [-0.4, -0.2) is 42.1 Å². The molecule has 7 nitrogen and oxygen atoms in total. The van der Waals surface area contributed by atoms with Gasteiger partial charge in [-0.25, -0.2) is 0 Å². The van der Waals surface area contributed by atoms with Gasteiger partial charge in [-0.15, -0.1) is 0 Å². The number of nitrogens with zero attached hydrogens (tertiary/aromatic N) is 1. The van der Waals surface area contributed by atoms with Crippen molar-refractivity contribution in [2.75, 3.05) is 24.0 Å². The number of benzene rings is 2. The molecule has 0 saturated heterocycles. The molecule has 2 aromatic rings. The van der Waals surface area contributed by atoms with Crippen molar-refractivity contribution in [2.24, 2.45) is 0 Å². The summed E-state index contributed by atoms with van der Waals surface area (Å²) in [5, 5.41) is 5.81. The van der Waals surface area contributed by atoms with Crippen LogP contribution >= 0.6 is 0 Å². The zero-order chi connectivity index (χ0) is 21.8. The second kappa shape index (κ2) is 9.39. The van der Waals surface area contributed by atoms with E-state index in [0.717, 1.165) is 12.8 Å². The predicted octanol–water partition coefficient (Wildman–Crippen LogP) is 4.26. The van der Waals surface area contributed by atoms with Crippen molar-refractivity contribution < 1.29 is 19.1 Å². The Labute approximate surface area is 182 Å². The Morgan fingerprint density at radius 1 is 1.03 bits per heavy atom. The van der Waals surface area contributed by atoms with E-state index < -0.39 is 0 Å². The second-order valence-electron chi connectivity index (χ2n) is 8.32. The lowest BCUT2D eigenvalue weighted by molar-refractivity contribution is -0.118. The first-order valence-corrected chi connectivity index (χ1v) is 10.9. The Balaban J connectivity index is 1.44. The molecule has 1 aliphatic carbocycles. The normalized spacial score (nSPS) is 15.5. The van der Waals surface area contributed by atoms with Gasteiger partial charge in [-0.3, -0.25) is 14.5 Å². The maximum Gasteiger partial charge on any atom is 0.257 e. The smallest absolute Gasteiger partial charge is 0.257 e. The van der Waals surface area contributed by atoms with Crippen molar-refractivity contribution in [2.45, 2.75) is 51.6 Å². The Bertz CT molecular complexity index is 954. The summed E-state index contributed by atoms with van der Waals surface area (Å²) in [7, 11) is 0. The number of rotatable bonds is 7. The summed E-state index contributed by atoms with van der Waals surface area (Å²) in [4.78, 5) is 28.0. The van der Waals surface area contributed by atoms with Crippen LogP contribution in [0.15, 0.2) is 42.5 Å². The third kappa shape index (κ3) is 4.99. The highest BCUT2D eigenvalue weighted by Crippen LogP contribution is 2.34. The number of nitrogens with one attached hydrogen (secondary N) is 2. The molecule has 4 rings (SSSR count). The molecule has 1 fully saturated rings. The molecule has 0 bridgehead atoms. The standard InChI is InChI=1S/C24H29N3O4/c1-16(2)27(18-7-3-4-8-18)14-23(28)26-20-10-6-5-9-19(20)24(29)25-17-11-12-21-22(13-17)31-15-30-21/h5-6,9-13,16,18H,3-4,7-8,14-15H2,1-2H3,(H,25,29)(H,26,28). The number of carbonyl (C=O) groups is 2. The average Bonchev–Trinajstić information content (AvgIpc) is 3.44. The van der Waals surface area contributed by atoms with Crippen molar-refractivity contribution in [1.82, 2.24) is 4.90 Å². The fourth-order valence-electron chi connectivity index (χ4n) is 4.29. The van der Waals surface area contributed by atoms with Gasteiger partial charge in [0.1, 0.15) is 0 Å². The van der Waals surface area contributed by atoms with E-state index in [1.807, 2.05) is 6.07 Å². The topological polar surface area (TPSA) is 79.9 Å². The monoisotopic (exact) mass is 423 g/mol. The van der Waals surface area contributed by atoms with E-state index in [-0.39, 0.29) is 18.6 Å². The zero-order valence-electron chi connectivity index (χ0n) is 18.0. The third-order valence-corrected chi connectivity index (χ3v) is 5.86. The molecule has 1 aliphatic heterocycles. The molecule has 2 N–H and O–H groups in total. The fourth-order valence-corrected chi connectivity index (χ4v) is 4.29. The van der Waals surface area contributed by atoms with Crippen LogP contribution in [0, 0.1) is 0 Å². The molecule has 1 heterocycles. The third-order valence-electron chi connectivity index (χ3n) is 5.86. The van der Waals surface area contributed by atoms with E-state index >= 15 is 0 Å². The lowest BCUT2D eigenvalue weighted by atomic mass is 10.1. The van der Waals surface area contributed by atoms with E-state index in [2.05, 4.69) is 29.4 Å². The highest BCUT2D eigenvalue weighted by Gasteiger charge is 2.26. The molecule has 1 saturated carbocycles. The van der Waals surface area contributed by atoms with Crippen LogP contribution < -0.4 is 20.1 Å². The average molecular weight is 424 g/mol. The molecule has 0 spiro atoms. The van der Waals surface area contributed by atoms with Crippen LogP contribution in [-0.2, 0) is 4.79 Å². The van der Waals surface area contributed by atoms with Gasteiger partial charge in [0.25, 0.3) is 5.91 Å². The molecule has 164 valence electrons. The van der Waals surface area contributed by atoms with Crippen molar-refractivity contribution in [1.29, 1.82) is 0 Å². The highest BCUT2D eigenvalue weighted by molar-refractivity contribution is 6.10. The Hall–Kier alpha value is -3.06.